The topological polar surface area (TPSA) is 76.7 Å². The van der Waals surface area contributed by atoms with Gasteiger partial charge >= 0.3 is 0 Å². The van der Waals surface area contributed by atoms with Crippen LogP contribution in [-0.4, -0.2) is 31.6 Å². The first-order chi connectivity index (χ1) is 13.7. The molecule has 2 amide bonds. The van der Waals surface area contributed by atoms with E-state index in [1.54, 1.807) is 7.11 Å². The summed E-state index contributed by atoms with van der Waals surface area (Å²) in [6, 6.07) is 13.1. The van der Waals surface area contributed by atoms with Crippen LogP contribution in [0.5, 0.6) is 5.75 Å². The minimum atomic E-state index is -0.777. The van der Waals surface area contributed by atoms with Crippen LogP contribution in [0, 0.1) is 0 Å². The molecule has 1 saturated heterocycles. The van der Waals surface area contributed by atoms with E-state index >= 15 is 0 Å². The van der Waals surface area contributed by atoms with Crippen molar-refractivity contribution in [1.82, 2.24) is 10.6 Å². The van der Waals surface area contributed by atoms with Gasteiger partial charge in [0.1, 0.15) is 12.4 Å². The standard InChI is InChI=1S/C22H24N2O4/c1-27-18-11-16-9-5-8-15(16)10-17(18)12-23-22(26)21-20(24-19(25)13-28-21)14-6-3-2-4-7-14/h2-4,6-7,10-11,20-21H,5,8-9,12-13H2,1H3,(H,23,26)(H,24,25)/t20-,21+/m1/s1. The second-order valence-corrected chi connectivity index (χ2v) is 7.19. The van der Waals surface area contributed by atoms with Crippen molar-refractivity contribution in [3.63, 3.8) is 0 Å². The lowest BCUT2D eigenvalue weighted by molar-refractivity contribution is -0.148. The fraction of sp³-hybridized carbons (Fsp3) is 0.364. The molecule has 2 aromatic carbocycles. The predicted molar refractivity (Wildman–Crippen MR) is 104 cm³/mol. The number of fused-ring (bicyclic) bond motifs is 1. The molecule has 0 spiro atoms. The number of carbonyl (C=O) groups excluding carboxylic acids is 2. The lowest BCUT2D eigenvalue weighted by Crippen LogP contribution is -2.52. The Morgan fingerprint density at radius 2 is 1.96 bits per heavy atom. The molecular formula is C22H24N2O4. The molecule has 6 nitrogen and oxygen atoms in total. The number of hydrogen-bond donors (Lipinski definition) is 2. The minimum Gasteiger partial charge on any atom is -0.496 e. The molecule has 2 aliphatic rings. The highest BCUT2D eigenvalue weighted by Gasteiger charge is 2.36. The average Bonchev–Trinajstić information content (AvgIpc) is 3.19. The smallest absolute Gasteiger partial charge is 0.251 e. The normalized spacial score (nSPS) is 21.0. The molecule has 4 rings (SSSR count). The van der Waals surface area contributed by atoms with E-state index in [2.05, 4.69) is 22.8 Å². The SMILES string of the molecule is COc1cc2c(cc1CNC(=O)[C@H]1OCC(=O)N[C@@H]1c1ccccc1)CCC2. The van der Waals surface area contributed by atoms with Gasteiger partial charge in [0.2, 0.25) is 5.91 Å². The van der Waals surface area contributed by atoms with Crippen molar-refractivity contribution < 1.29 is 19.1 Å². The van der Waals surface area contributed by atoms with Crippen LogP contribution in [0.25, 0.3) is 0 Å². The number of rotatable bonds is 5. The number of nitrogens with one attached hydrogen (secondary N) is 2. The molecule has 146 valence electrons. The summed E-state index contributed by atoms with van der Waals surface area (Å²) in [5.41, 5.74) is 4.45. The molecular weight excluding hydrogens is 356 g/mol. The maximum absolute atomic E-state index is 12.9. The summed E-state index contributed by atoms with van der Waals surface area (Å²) in [7, 11) is 1.65. The molecule has 0 aromatic heterocycles. The summed E-state index contributed by atoms with van der Waals surface area (Å²) in [5, 5.41) is 5.82. The number of ether oxygens (including phenoxy) is 2. The number of amides is 2. The molecule has 6 heteroatoms. The van der Waals surface area contributed by atoms with Crippen molar-refractivity contribution in [1.29, 1.82) is 0 Å². The first kappa shape index (κ1) is 18.5. The van der Waals surface area contributed by atoms with Crippen molar-refractivity contribution in [2.24, 2.45) is 0 Å². The van der Waals surface area contributed by atoms with Gasteiger partial charge in [0, 0.05) is 12.1 Å². The molecule has 0 bridgehead atoms. The second-order valence-electron chi connectivity index (χ2n) is 7.19. The molecule has 28 heavy (non-hydrogen) atoms. The lowest BCUT2D eigenvalue weighted by Gasteiger charge is -2.31. The number of methoxy groups -OCH3 is 1. The molecule has 1 fully saturated rings. The zero-order valence-corrected chi connectivity index (χ0v) is 15.9. The van der Waals surface area contributed by atoms with Gasteiger partial charge in [0.05, 0.1) is 13.2 Å². The van der Waals surface area contributed by atoms with Crippen molar-refractivity contribution in [2.45, 2.75) is 38.0 Å². The first-order valence-corrected chi connectivity index (χ1v) is 9.58. The number of benzene rings is 2. The van der Waals surface area contributed by atoms with Gasteiger partial charge in [-0.3, -0.25) is 9.59 Å². The maximum Gasteiger partial charge on any atom is 0.251 e. The molecule has 2 N–H and O–H groups in total. The van der Waals surface area contributed by atoms with E-state index in [4.69, 9.17) is 9.47 Å². The van der Waals surface area contributed by atoms with Crippen molar-refractivity contribution in [2.75, 3.05) is 13.7 Å². The molecule has 2 atom stereocenters. The Balaban J connectivity index is 1.49. The van der Waals surface area contributed by atoms with Gasteiger partial charge in [-0.05, 0) is 42.0 Å². The largest absolute Gasteiger partial charge is 0.496 e. The average molecular weight is 380 g/mol. The van der Waals surface area contributed by atoms with Crippen LogP contribution in [-0.2, 0) is 33.7 Å². The van der Waals surface area contributed by atoms with E-state index in [1.165, 1.54) is 11.1 Å². The molecule has 1 aliphatic carbocycles. The summed E-state index contributed by atoms with van der Waals surface area (Å²) >= 11 is 0. The third kappa shape index (κ3) is 3.73. The number of aryl methyl sites for hydroxylation is 2. The van der Waals surface area contributed by atoms with Gasteiger partial charge < -0.3 is 20.1 Å². The first-order valence-electron chi connectivity index (χ1n) is 9.58. The molecule has 0 radical (unpaired) electrons. The number of morpholine rings is 1. The Kier molecular flexibility index (Phi) is 5.30. The molecule has 2 aromatic rings. The molecule has 0 saturated carbocycles. The van der Waals surface area contributed by atoms with E-state index in [1.807, 2.05) is 30.3 Å². The highest BCUT2D eigenvalue weighted by molar-refractivity contribution is 5.86. The van der Waals surface area contributed by atoms with Crippen LogP contribution in [0.3, 0.4) is 0 Å². The zero-order chi connectivity index (χ0) is 19.5. The van der Waals surface area contributed by atoms with Crippen LogP contribution in [0.1, 0.15) is 34.7 Å². The van der Waals surface area contributed by atoms with E-state index in [0.717, 1.165) is 36.1 Å². The second kappa shape index (κ2) is 8.02. The molecule has 0 unspecified atom stereocenters. The maximum atomic E-state index is 12.9. The third-order valence-corrected chi connectivity index (χ3v) is 5.38. The third-order valence-electron chi connectivity index (χ3n) is 5.38. The van der Waals surface area contributed by atoms with Gasteiger partial charge in [-0.25, -0.2) is 0 Å². The molecule has 1 aliphatic heterocycles. The Morgan fingerprint density at radius 1 is 1.21 bits per heavy atom. The highest BCUT2D eigenvalue weighted by Crippen LogP contribution is 2.30. The summed E-state index contributed by atoms with van der Waals surface area (Å²) in [6.45, 7) is 0.230. The Morgan fingerprint density at radius 3 is 2.71 bits per heavy atom. The summed E-state index contributed by atoms with van der Waals surface area (Å²) in [4.78, 5) is 24.7. The monoisotopic (exact) mass is 380 g/mol. The molecule has 1 heterocycles. The van der Waals surface area contributed by atoms with Gasteiger partial charge in [0.15, 0.2) is 6.10 Å². The van der Waals surface area contributed by atoms with Crippen molar-refractivity contribution in [3.8, 4) is 5.75 Å². The Bertz CT molecular complexity index is 882. The van der Waals surface area contributed by atoms with Crippen LogP contribution < -0.4 is 15.4 Å². The predicted octanol–water partition coefficient (Wildman–Crippen LogP) is 2.06. The lowest BCUT2D eigenvalue weighted by atomic mass is 9.99. The van der Waals surface area contributed by atoms with Gasteiger partial charge in [-0.15, -0.1) is 0 Å². The minimum absolute atomic E-state index is 0.121. The highest BCUT2D eigenvalue weighted by atomic mass is 16.5. The quantitative estimate of drug-likeness (QED) is 0.833. The van der Waals surface area contributed by atoms with Crippen molar-refractivity contribution in [3.05, 3.63) is 64.7 Å². The van der Waals surface area contributed by atoms with Gasteiger partial charge in [-0.2, -0.15) is 0 Å². The van der Waals surface area contributed by atoms with Gasteiger partial charge in [-0.1, -0.05) is 36.4 Å². The fourth-order valence-electron chi connectivity index (χ4n) is 3.96. The summed E-state index contributed by atoms with van der Waals surface area (Å²) in [6.07, 6.45) is 2.52. The fourth-order valence-corrected chi connectivity index (χ4v) is 3.96. The number of hydrogen-bond acceptors (Lipinski definition) is 4. The Hall–Kier alpha value is -2.86. The Labute approximate surface area is 164 Å². The van der Waals surface area contributed by atoms with Crippen LogP contribution in [0.15, 0.2) is 42.5 Å². The van der Waals surface area contributed by atoms with E-state index in [9.17, 15) is 9.59 Å². The van der Waals surface area contributed by atoms with E-state index < -0.39 is 12.1 Å². The summed E-state index contributed by atoms with van der Waals surface area (Å²) in [5.74, 6) is 0.313. The van der Waals surface area contributed by atoms with Gasteiger partial charge in [0.25, 0.3) is 5.91 Å². The van der Waals surface area contributed by atoms with Crippen LogP contribution in [0.4, 0.5) is 0 Å². The van der Waals surface area contributed by atoms with E-state index in [0.29, 0.717) is 6.54 Å². The van der Waals surface area contributed by atoms with Crippen LogP contribution in [0.2, 0.25) is 0 Å². The van der Waals surface area contributed by atoms with Crippen molar-refractivity contribution >= 4 is 11.8 Å². The van der Waals surface area contributed by atoms with E-state index in [-0.39, 0.29) is 18.4 Å². The van der Waals surface area contributed by atoms with Crippen LogP contribution >= 0.6 is 0 Å². The zero-order valence-electron chi connectivity index (χ0n) is 15.9. The summed E-state index contributed by atoms with van der Waals surface area (Å²) < 4.78 is 11.1. The number of carbonyl (C=O) groups is 2.